The van der Waals surface area contributed by atoms with Gasteiger partial charge in [-0.3, -0.25) is 25.0 Å². The number of hydrogen-bond donors (Lipinski definition) is 1. The van der Waals surface area contributed by atoms with Crippen molar-refractivity contribution in [2.75, 3.05) is 13.2 Å². The molecule has 3 rings (SSSR count). The molecule has 0 unspecified atom stereocenters. The molecule has 8 nitrogen and oxygen atoms in total. The second-order valence-corrected chi connectivity index (χ2v) is 7.38. The zero-order valence-corrected chi connectivity index (χ0v) is 17.9. The third-order valence-electron chi connectivity index (χ3n) is 4.74. The number of nitro groups is 1. The van der Waals surface area contributed by atoms with Crippen LogP contribution in [0.1, 0.15) is 32.8 Å². The van der Waals surface area contributed by atoms with Gasteiger partial charge in [-0.05, 0) is 39.3 Å². The Morgan fingerprint density at radius 2 is 1.84 bits per heavy atom. The van der Waals surface area contributed by atoms with Crippen LogP contribution in [0.5, 0.6) is 0 Å². The van der Waals surface area contributed by atoms with Crippen molar-refractivity contribution in [1.29, 1.82) is 0 Å². The van der Waals surface area contributed by atoms with Crippen molar-refractivity contribution in [3.05, 3.63) is 80.6 Å². The van der Waals surface area contributed by atoms with Crippen LogP contribution in [0.15, 0.2) is 64.4 Å². The summed E-state index contributed by atoms with van der Waals surface area (Å²) in [7, 11) is 0. The van der Waals surface area contributed by atoms with Crippen LogP contribution in [0.3, 0.4) is 0 Å². The van der Waals surface area contributed by atoms with E-state index in [9.17, 15) is 14.9 Å². The molecule has 0 fully saturated rings. The number of nitrogens with zero attached hydrogens (tertiary/aromatic N) is 3. The van der Waals surface area contributed by atoms with Crippen LogP contribution in [-0.2, 0) is 4.74 Å². The first-order chi connectivity index (χ1) is 14.9. The molecule has 1 heterocycles. The molecule has 1 aromatic heterocycles. The molecule has 0 aliphatic rings. The van der Waals surface area contributed by atoms with Gasteiger partial charge in [-0.25, -0.2) is 4.68 Å². The normalized spacial score (nSPS) is 11.8. The Hall–Kier alpha value is -3.52. The molecule has 8 heteroatoms. The predicted molar refractivity (Wildman–Crippen MR) is 121 cm³/mol. The highest BCUT2D eigenvalue weighted by molar-refractivity contribution is 6.03. The Balaban J connectivity index is 1.99. The molecule has 0 amide bonds. The molecule has 2 aromatic carbocycles. The minimum absolute atomic E-state index is 0.0341. The molecule has 0 saturated carbocycles. The minimum atomic E-state index is -0.470. The van der Waals surface area contributed by atoms with E-state index in [0.29, 0.717) is 35.8 Å². The van der Waals surface area contributed by atoms with E-state index in [1.54, 1.807) is 12.1 Å². The number of hydrogen-bond acceptors (Lipinski definition) is 5. The van der Waals surface area contributed by atoms with Gasteiger partial charge in [0.15, 0.2) is 0 Å². The van der Waals surface area contributed by atoms with Gasteiger partial charge in [-0.15, -0.1) is 0 Å². The average Bonchev–Trinajstić information content (AvgIpc) is 3.11. The molecule has 3 aromatic rings. The summed E-state index contributed by atoms with van der Waals surface area (Å²) in [5, 5.41) is 14.1. The average molecular weight is 422 g/mol. The number of aromatic amines is 1. The summed E-state index contributed by atoms with van der Waals surface area (Å²) in [6.45, 7) is 6.96. The highest BCUT2D eigenvalue weighted by Crippen LogP contribution is 2.22. The number of aliphatic imine (C=N–C) groups is 1. The summed E-state index contributed by atoms with van der Waals surface area (Å²) in [4.78, 5) is 28.4. The fourth-order valence-electron chi connectivity index (χ4n) is 3.20. The number of ether oxygens (including phenoxy) is 1. The summed E-state index contributed by atoms with van der Waals surface area (Å²) < 4.78 is 6.94. The van der Waals surface area contributed by atoms with E-state index in [0.717, 1.165) is 12.0 Å². The summed E-state index contributed by atoms with van der Waals surface area (Å²) in [6.07, 6.45) is 0.935. The number of benzene rings is 2. The van der Waals surface area contributed by atoms with Crippen molar-refractivity contribution in [3.63, 3.8) is 0 Å². The number of rotatable bonds is 9. The lowest BCUT2D eigenvalue weighted by molar-refractivity contribution is -0.384. The number of H-pyrrole nitrogens is 1. The van der Waals surface area contributed by atoms with Gasteiger partial charge in [0, 0.05) is 36.6 Å². The van der Waals surface area contributed by atoms with Crippen LogP contribution in [-0.4, -0.2) is 39.7 Å². The highest BCUT2D eigenvalue weighted by atomic mass is 16.6. The molecule has 0 spiro atoms. The molecular formula is C23H26N4O4. The van der Waals surface area contributed by atoms with Crippen LogP contribution in [0.25, 0.3) is 16.9 Å². The van der Waals surface area contributed by atoms with Crippen LogP contribution >= 0.6 is 0 Å². The quantitative estimate of drug-likeness (QED) is 0.239. The molecule has 0 saturated heterocycles. The molecule has 0 bridgehead atoms. The van der Waals surface area contributed by atoms with Gasteiger partial charge in [-0.1, -0.05) is 30.3 Å². The van der Waals surface area contributed by atoms with E-state index in [-0.39, 0.29) is 17.4 Å². The standard InChI is InChI=1S/C23H26N4O4/c1-16(2)31-15-7-14-24-17(3)21-22(18-8-5-4-6-9-18)25-26(23(21)28)19-10-12-20(13-11-19)27(29)30/h4-6,8-13,16,25H,7,14-15H2,1-3H3. The third-order valence-corrected chi connectivity index (χ3v) is 4.74. The number of non-ortho nitro benzene ring substituents is 1. The van der Waals surface area contributed by atoms with Crippen molar-refractivity contribution < 1.29 is 9.66 Å². The molecule has 0 atom stereocenters. The Morgan fingerprint density at radius 1 is 1.16 bits per heavy atom. The SMILES string of the molecule is CC(=NCCCOC(C)C)c1c(-c2ccccc2)[nH]n(-c2ccc([N+](=O)[O-])cc2)c1=O. The van der Waals surface area contributed by atoms with Gasteiger partial charge < -0.3 is 4.74 Å². The third kappa shape index (κ3) is 5.35. The van der Waals surface area contributed by atoms with Gasteiger partial charge in [0.2, 0.25) is 0 Å². The van der Waals surface area contributed by atoms with Crippen LogP contribution in [0.4, 0.5) is 5.69 Å². The number of nitro benzene ring substituents is 1. The zero-order valence-electron chi connectivity index (χ0n) is 17.9. The van der Waals surface area contributed by atoms with Crippen molar-refractivity contribution in [2.45, 2.75) is 33.3 Å². The zero-order chi connectivity index (χ0) is 22.4. The lowest BCUT2D eigenvalue weighted by atomic mass is 10.1. The first-order valence-electron chi connectivity index (χ1n) is 10.2. The van der Waals surface area contributed by atoms with E-state index in [1.807, 2.05) is 51.1 Å². The van der Waals surface area contributed by atoms with Crippen molar-refractivity contribution in [1.82, 2.24) is 9.78 Å². The molecule has 31 heavy (non-hydrogen) atoms. The summed E-state index contributed by atoms with van der Waals surface area (Å²) in [6, 6.07) is 15.4. The second kappa shape index (κ2) is 9.99. The molecular weight excluding hydrogens is 396 g/mol. The smallest absolute Gasteiger partial charge is 0.280 e. The van der Waals surface area contributed by atoms with E-state index in [4.69, 9.17) is 4.74 Å². The van der Waals surface area contributed by atoms with Gasteiger partial charge in [-0.2, -0.15) is 0 Å². The lowest BCUT2D eigenvalue weighted by Crippen LogP contribution is -2.20. The van der Waals surface area contributed by atoms with Crippen LogP contribution in [0, 0.1) is 10.1 Å². The largest absolute Gasteiger partial charge is 0.379 e. The van der Waals surface area contributed by atoms with Crippen LogP contribution < -0.4 is 5.56 Å². The maximum Gasteiger partial charge on any atom is 0.280 e. The maximum absolute atomic E-state index is 13.3. The number of aromatic nitrogens is 2. The van der Waals surface area contributed by atoms with E-state index in [1.165, 1.54) is 16.8 Å². The second-order valence-electron chi connectivity index (χ2n) is 7.38. The Labute approximate surface area is 180 Å². The predicted octanol–water partition coefficient (Wildman–Crippen LogP) is 4.36. The van der Waals surface area contributed by atoms with Crippen molar-refractivity contribution in [2.24, 2.45) is 4.99 Å². The van der Waals surface area contributed by atoms with Crippen LogP contribution in [0.2, 0.25) is 0 Å². The van der Waals surface area contributed by atoms with Crippen molar-refractivity contribution >= 4 is 11.4 Å². The Kier molecular flexibility index (Phi) is 7.15. The fourth-order valence-corrected chi connectivity index (χ4v) is 3.20. The van der Waals surface area contributed by atoms with Gasteiger partial charge in [0.05, 0.1) is 28.0 Å². The monoisotopic (exact) mass is 422 g/mol. The summed E-state index contributed by atoms with van der Waals surface area (Å²) in [5.41, 5.74) is 2.84. The Bertz CT molecular complexity index is 1110. The lowest BCUT2D eigenvalue weighted by Gasteiger charge is -2.06. The summed E-state index contributed by atoms with van der Waals surface area (Å²) >= 11 is 0. The molecule has 162 valence electrons. The first kappa shape index (κ1) is 22.2. The van der Waals surface area contributed by atoms with Crippen molar-refractivity contribution in [3.8, 4) is 16.9 Å². The summed E-state index contributed by atoms with van der Waals surface area (Å²) in [5.74, 6) is 0. The Morgan fingerprint density at radius 3 is 2.45 bits per heavy atom. The van der Waals surface area contributed by atoms with Gasteiger partial charge in [0.1, 0.15) is 0 Å². The fraction of sp³-hybridized carbons (Fsp3) is 0.304. The topological polar surface area (TPSA) is 103 Å². The van der Waals surface area contributed by atoms with E-state index in [2.05, 4.69) is 10.1 Å². The molecule has 1 N–H and O–H groups in total. The number of nitrogens with one attached hydrogen (secondary N) is 1. The molecule has 0 radical (unpaired) electrons. The molecule has 0 aliphatic carbocycles. The highest BCUT2D eigenvalue weighted by Gasteiger charge is 2.19. The minimum Gasteiger partial charge on any atom is -0.379 e. The van der Waals surface area contributed by atoms with E-state index < -0.39 is 4.92 Å². The van der Waals surface area contributed by atoms with Gasteiger partial charge in [0.25, 0.3) is 11.2 Å². The molecule has 0 aliphatic heterocycles. The maximum atomic E-state index is 13.3. The van der Waals surface area contributed by atoms with E-state index >= 15 is 0 Å². The van der Waals surface area contributed by atoms with Gasteiger partial charge >= 0.3 is 0 Å². The first-order valence-corrected chi connectivity index (χ1v) is 10.2.